The van der Waals surface area contributed by atoms with Crippen molar-refractivity contribution in [3.8, 4) is 0 Å². The number of carboxylic acids is 1. The van der Waals surface area contributed by atoms with Crippen LogP contribution in [-0.2, 0) is 19.1 Å². The van der Waals surface area contributed by atoms with Crippen LogP contribution in [0.1, 0.15) is 78.1 Å². The smallest absolute Gasteiger partial charge is 0.331 e. The minimum atomic E-state index is -1.45. The molecule has 8 heteroatoms. The van der Waals surface area contributed by atoms with Gasteiger partial charge in [-0.25, -0.2) is 4.79 Å². The molecule has 0 spiro atoms. The maximum absolute atomic E-state index is 12.8. The van der Waals surface area contributed by atoms with Gasteiger partial charge in [0.15, 0.2) is 0 Å². The Balaban J connectivity index is 1.45. The maximum Gasteiger partial charge on any atom is 0.331 e. The summed E-state index contributed by atoms with van der Waals surface area (Å²) in [5.41, 5.74) is -4.46. The first-order chi connectivity index (χ1) is 16.3. The lowest BCUT2D eigenvalue weighted by atomic mass is 9.40. The lowest BCUT2D eigenvalue weighted by Crippen LogP contribution is -2.70. The number of ether oxygens (including phenoxy) is 1. The summed E-state index contributed by atoms with van der Waals surface area (Å²) < 4.78 is 5.16. The van der Waals surface area contributed by atoms with E-state index < -0.39 is 39.5 Å². The number of cyclic esters (lactones) is 1. The predicted molar refractivity (Wildman–Crippen MR) is 121 cm³/mol. The van der Waals surface area contributed by atoms with Crippen molar-refractivity contribution in [3.63, 3.8) is 0 Å². The molecule has 0 aromatic heterocycles. The molecule has 0 radical (unpaired) electrons. The molecule has 4 saturated carbocycles. The molecule has 0 amide bonds. The zero-order chi connectivity index (χ0) is 25.4. The molecular weight excluding hydrogens is 452 g/mol. The molecule has 4 fully saturated rings. The van der Waals surface area contributed by atoms with Crippen molar-refractivity contribution in [2.24, 2.45) is 34.5 Å². The van der Waals surface area contributed by atoms with E-state index in [2.05, 4.69) is 6.92 Å². The van der Waals surface area contributed by atoms with Gasteiger partial charge in [-0.1, -0.05) is 13.8 Å². The second-order valence-corrected chi connectivity index (χ2v) is 12.6. The third-order valence-electron chi connectivity index (χ3n) is 11.1. The first kappa shape index (κ1) is 24.9. The molecular formula is C27H37O8-. The van der Waals surface area contributed by atoms with Gasteiger partial charge >= 0.3 is 5.97 Å². The van der Waals surface area contributed by atoms with Crippen molar-refractivity contribution < 1.29 is 39.5 Å². The molecule has 194 valence electrons. The van der Waals surface area contributed by atoms with Crippen LogP contribution in [0.3, 0.4) is 0 Å². The molecule has 9 atom stereocenters. The van der Waals surface area contributed by atoms with Crippen LogP contribution in [0.25, 0.3) is 0 Å². The van der Waals surface area contributed by atoms with Crippen LogP contribution in [0, 0.1) is 34.5 Å². The van der Waals surface area contributed by atoms with Crippen molar-refractivity contribution in [1.82, 2.24) is 0 Å². The number of aliphatic carboxylic acids is 1. The van der Waals surface area contributed by atoms with Crippen LogP contribution in [-0.4, -0.2) is 57.0 Å². The van der Waals surface area contributed by atoms with E-state index in [0.29, 0.717) is 25.7 Å². The van der Waals surface area contributed by atoms with Crippen molar-refractivity contribution >= 4 is 18.2 Å². The number of aldehydes is 1. The van der Waals surface area contributed by atoms with Gasteiger partial charge in [0.1, 0.15) is 12.9 Å². The molecule has 1 aliphatic heterocycles. The first-order valence-electron chi connectivity index (χ1n) is 13.0. The summed E-state index contributed by atoms with van der Waals surface area (Å²) in [4.78, 5) is 35.8. The second-order valence-electron chi connectivity index (χ2n) is 12.6. The van der Waals surface area contributed by atoms with Crippen LogP contribution in [0.2, 0.25) is 0 Å². The molecule has 5 aliphatic rings. The Morgan fingerprint density at radius 3 is 2.49 bits per heavy atom. The Labute approximate surface area is 205 Å². The number of fused-ring (bicyclic) bond motifs is 5. The predicted octanol–water partition coefficient (Wildman–Crippen LogP) is 1.04. The van der Waals surface area contributed by atoms with E-state index in [4.69, 9.17) is 4.74 Å². The van der Waals surface area contributed by atoms with Gasteiger partial charge in [0.25, 0.3) is 0 Å². The van der Waals surface area contributed by atoms with Gasteiger partial charge in [0.05, 0.1) is 22.2 Å². The Morgan fingerprint density at radius 2 is 1.86 bits per heavy atom. The number of carboxylic acid groups (broad SMARTS) is 1. The summed E-state index contributed by atoms with van der Waals surface area (Å²) in [6.07, 6.45) is 6.28. The monoisotopic (exact) mass is 489 g/mol. The third-order valence-corrected chi connectivity index (χ3v) is 11.1. The minimum Gasteiger partial charge on any atom is -0.550 e. The van der Waals surface area contributed by atoms with Crippen LogP contribution in [0.5, 0.6) is 0 Å². The molecule has 0 bridgehead atoms. The maximum atomic E-state index is 12.8. The van der Waals surface area contributed by atoms with Gasteiger partial charge < -0.3 is 34.8 Å². The SMILES string of the molecule is CC(C[C@]1(O)CC[C@]2(C=O)[C@H]3CC[C@]4(C)[C@@H](C5=CC(=O)OC5)CC[C@]4(O)[C@@H]3CC[C@]2(O)C1)C(=O)[O-]. The largest absolute Gasteiger partial charge is 0.550 e. The Kier molecular flexibility index (Phi) is 5.59. The lowest BCUT2D eigenvalue weighted by Gasteiger charge is -2.66. The Bertz CT molecular complexity index is 976. The van der Waals surface area contributed by atoms with Crippen molar-refractivity contribution in [3.05, 3.63) is 11.6 Å². The number of rotatable bonds is 5. The number of carbonyl (C=O) groups is 3. The average molecular weight is 490 g/mol. The highest BCUT2D eigenvalue weighted by molar-refractivity contribution is 5.85. The molecule has 35 heavy (non-hydrogen) atoms. The Morgan fingerprint density at radius 1 is 1.14 bits per heavy atom. The van der Waals surface area contributed by atoms with E-state index in [-0.39, 0.29) is 62.4 Å². The summed E-state index contributed by atoms with van der Waals surface area (Å²) in [6, 6.07) is 0. The summed E-state index contributed by atoms with van der Waals surface area (Å²) in [5.74, 6) is -2.81. The van der Waals surface area contributed by atoms with E-state index in [1.54, 1.807) is 6.08 Å². The normalized spacial score (nSPS) is 49.8. The van der Waals surface area contributed by atoms with Gasteiger partial charge in [-0.2, -0.15) is 0 Å². The van der Waals surface area contributed by atoms with Crippen LogP contribution in [0.4, 0.5) is 0 Å². The number of esters is 1. The van der Waals surface area contributed by atoms with Crippen LogP contribution < -0.4 is 5.11 Å². The number of hydrogen-bond donors (Lipinski definition) is 3. The highest BCUT2D eigenvalue weighted by Gasteiger charge is 2.72. The molecule has 0 aromatic carbocycles. The molecule has 8 nitrogen and oxygen atoms in total. The van der Waals surface area contributed by atoms with E-state index in [9.17, 15) is 34.8 Å². The molecule has 1 unspecified atom stereocenters. The first-order valence-corrected chi connectivity index (χ1v) is 13.0. The van der Waals surface area contributed by atoms with E-state index in [0.717, 1.165) is 18.3 Å². The summed E-state index contributed by atoms with van der Waals surface area (Å²) in [7, 11) is 0. The number of hydrogen-bond acceptors (Lipinski definition) is 8. The van der Waals surface area contributed by atoms with Crippen molar-refractivity contribution in [1.29, 1.82) is 0 Å². The lowest BCUT2D eigenvalue weighted by molar-refractivity contribution is -0.313. The van der Waals surface area contributed by atoms with E-state index >= 15 is 0 Å². The standard InChI is InChI=1S/C27H38O8/c1-16(22(30)31)12-24(32)9-10-25(15-28)19-3-6-23(2)18(17-11-21(29)35-13-17)5-8-27(23,34)20(19)4-7-26(25,33)14-24/h11,15-16,18-20,32-34H,3-10,12-14H2,1-2H3,(H,30,31)/p-1/t16?,18-,19+,20-,23-,24-,25+,26+,27+/m1/s1. The average Bonchev–Trinajstić information content (AvgIpc) is 3.32. The highest BCUT2D eigenvalue weighted by atomic mass is 16.5. The van der Waals surface area contributed by atoms with Crippen molar-refractivity contribution in [2.75, 3.05) is 6.61 Å². The summed E-state index contributed by atoms with van der Waals surface area (Å²) >= 11 is 0. The molecule has 5 rings (SSSR count). The molecule has 0 saturated heterocycles. The number of aliphatic hydroxyl groups is 3. The van der Waals surface area contributed by atoms with Crippen LogP contribution >= 0.6 is 0 Å². The second kappa shape index (κ2) is 7.86. The van der Waals surface area contributed by atoms with Gasteiger partial charge in [0, 0.05) is 23.9 Å². The van der Waals surface area contributed by atoms with Crippen molar-refractivity contribution in [2.45, 2.75) is 94.9 Å². The zero-order valence-electron chi connectivity index (χ0n) is 20.6. The summed E-state index contributed by atoms with van der Waals surface area (Å²) in [6.45, 7) is 3.85. The molecule has 1 heterocycles. The van der Waals surface area contributed by atoms with Crippen LogP contribution in [0.15, 0.2) is 11.6 Å². The quantitative estimate of drug-likeness (QED) is 0.384. The van der Waals surface area contributed by atoms with Gasteiger partial charge in [-0.05, 0) is 87.0 Å². The molecule has 4 aliphatic carbocycles. The fourth-order valence-corrected chi connectivity index (χ4v) is 9.30. The van der Waals surface area contributed by atoms with E-state index in [1.807, 2.05) is 0 Å². The molecule has 0 aromatic rings. The number of carbonyl (C=O) groups excluding carboxylic acids is 3. The zero-order valence-corrected chi connectivity index (χ0v) is 20.6. The third kappa shape index (κ3) is 3.32. The summed E-state index contributed by atoms with van der Waals surface area (Å²) in [5, 5.41) is 46.7. The molecule has 3 N–H and O–H groups in total. The van der Waals surface area contributed by atoms with E-state index in [1.165, 1.54) is 6.92 Å². The topological polar surface area (TPSA) is 144 Å². The fourth-order valence-electron chi connectivity index (χ4n) is 9.30. The minimum absolute atomic E-state index is 0.0275. The van der Waals surface area contributed by atoms with Gasteiger partial charge in [-0.3, -0.25) is 0 Å². The Hall–Kier alpha value is -1.77. The van der Waals surface area contributed by atoms with Gasteiger partial charge in [-0.15, -0.1) is 0 Å². The van der Waals surface area contributed by atoms with Gasteiger partial charge in [0.2, 0.25) is 0 Å². The highest BCUT2D eigenvalue weighted by Crippen LogP contribution is 2.71. The fraction of sp³-hybridized carbons (Fsp3) is 0.815.